The van der Waals surface area contributed by atoms with Gasteiger partial charge in [-0.3, -0.25) is 0 Å². The van der Waals surface area contributed by atoms with Gasteiger partial charge in [0.25, 0.3) is 0 Å². The van der Waals surface area contributed by atoms with Gasteiger partial charge in [0.05, 0.1) is 10.6 Å². The molecule has 0 fully saturated rings. The van der Waals surface area contributed by atoms with Gasteiger partial charge in [0.2, 0.25) is 0 Å². The quantitative estimate of drug-likeness (QED) is 0.618. The first-order valence-electron chi connectivity index (χ1n) is 7.18. The smallest absolute Gasteiger partial charge is 0.191 e. The minimum atomic E-state index is 0.690. The van der Waals surface area contributed by atoms with Crippen LogP contribution < -0.4 is 0 Å². The summed E-state index contributed by atoms with van der Waals surface area (Å²) < 4.78 is 3.98. The Morgan fingerprint density at radius 3 is 2.86 bits per heavy atom. The van der Waals surface area contributed by atoms with Crippen LogP contribution in [0.5, 0.6) is 0 Å². The zero-order valence-electron chi connectivity index (χ0n) is 12.5. The maximum Gasteiger partial charge on any atom is 0.191 e. The van der Waals surface area contributed by atoms with E-state index in [0.29, 0.717) is 5.75 Å². The average molecular weight is 335 g/mol. The van der Waals surface area contributed by atoms with E-state index >= 15 is 0 Å². The summed E-state index contributed by atoms with van der Waals surface area (Å²) in [7, 11) is 0. The van der Waals surface area contributed by atoms with Crippen molar-refractivity contribution in [3.8, 4) is 10.7 Å². The fourth-order valence-corrected chi connectivity index (χ4v) is 3.76. The summed E-state index contributed by atoms with van der Waals surface area (Å²) in [4.78, 5) is 1.14. The summed E-state index contributed by atoms with van der Waals surface area (Å²) in [5, 5.41) is 23.5. The van der Waals surface area contributed by atoms with E-state index in [2.05, 4.69) is 55.6 Å². The number of aryl methyl sites for hydroxylation is 1. The van der Waals surface area contributed by atoms with Crippen molar-refractivity contribution < 1.29 is 0 Å². The van der Waals surface area contributed by atoms with Crippen LogP contribution in [-0.2, 0) is 18.8 Å². The highest BCUT2D eigenvalue weighted by Gasteiger charge is 2.15. The Bertz CT molecular complexity index is 717. The Kier molecular flexibility index (Phi) is 4.84. The highest BCUT2D eigenvalue weighted by Crippen LogP contribution is 2.28. The van der Waals surface area contributed by atoms with Gasteiger partial charge >= 0.3 is 0 Å². The summed E-state index contributed by atoms with van der Waals surface area (Å²) in [6, 6.07) is 4.09. The normalized spacial score (nSPS) is 11.2. The van der Waals surface area contributed by atoms with Crippen LogP contribution in [0.25, 0.3) is 10.7 Å². The van der Waals surface area contributed by atoms with Crippen molar-refractivity contribution in [1.29, 1.82) is 0 Å². The van der Waals surface area contributed by atoms with Crippen LogP contribution in [0, 0.1) is 0 Å². The molecule has 0 saturated carbocycles. The molecule has 0 N–H and O–H groups in total. The van der Waals surface area contributed by atoms with Gasteiger partial charge in [-0.05, 0) is 35.2 Å². The first-order chi connectivity index (χ1) is 10.8. The molecule has 22 heavy (non-hydrogen) atoms. The molecule has 0 amide bonds. The molecule has 0 saturated heterocycles. The molecule has 0 aliphatic carbocycles. The third-order valence-corrected chi connectivity index (χ3v) is 4.98. The van der Waals surface area contributed by atoms with Gasteiger partial charge in [0.15, 0.2) is 16.8 Å². The lowest BCUT2D eigenvalue weighted by molar-refractivity contribution is 0.564. The van der Waals surface area contributed by atoms with Crippen molar-refractivity contribution in [2.45, 2.75) is 44.3 Å². The predicted molar refractivity (Wildman–Crippen MR) is 86.7 cm³/mol. The van der Waals surface area contributed by atoms with Crippen molar-refractivity contribution in [2.75, 3.05) is 0 Å². The van der Waals surface area contributed by atoms with E-state index in [9.17, 15) is 0 Å². The van der Waals surface area contributed by atoms with Gasteiger partial charge in [-0.2, -0.15) is 0 Å². The molecule has 0 spiro atoms. The Hall–Kier alpha value is -1.74. The third-order valence-electron chi connectivity index (χ3n) is 3.15. The van der Waals surface area contributed by atoms with E-state index in [0.717, 1.165) is 41.2 Å². The molecule has 7 nitrogen and oxygen atoms in total. The van der Waals surface area contributed by atoms with Crippen molar-refractivity contribution in [3.63, 3.8) is 0 Å². The third kappa shape index (κ3) is 3.05. The second-order valence-corrected chi connectivity index (χ2v) is 6.52. The SMILES string of the molecule is CCCn1nnnc1CSc1nnc(-c2cccs2)n1CC. The first-order valence-corrected chi connectivity index (χ1v) is 9.05. The predicted octanol–water partition coefficient (Wildman–Crippen LogP) is 2.72. The molecule has 3 heterocycles. The summed E-state index contributed by atoms with van der Waals surface area (Å²) in [5.74, 6) is 2.48. The molecule has 0 aromatic carbocycles. The van der Waals surface area contributed by atoms with Crippen molar-refractivity contribution >= 4 is 23.1 Å². The summed E-state index contributed by atoms with van der Waals surface area (Å²) in [6.07, 6.45) is 1.01. The van der Waals surface area contributed by atoms with Crippen LogP contribution in [0.15, 0.2) is 22.7 Å². The molecular weight excluding hydrogens is 318 g/mol. The molecule has 0 unspecified atom stereocenters. The lowest BCUT2D eigenvalue weighted by Crippen LogP contribution is -2.05. The largest absolute Gasteiger partial charge is 0.302 e. The zero-order valence-corrected chi connectivity index (χ0v) is 14.1. The van der Waals surface area contributed by atoms with Crippen LogP contribution in [0.3, 0.4) is 0 Å². The number of rotatable bonds is 7. The van der Waals surface area contributed by atoms with Gasteiger partial charge < -0.3 is 4.57 Å². The van der Waals surface area contributed by atoms with Crippen LogP contribution in [0.2, 0.25) is 0 Å². The minimum absolute atomic E-state index is 0.690. The lowest BCUT2D eigenvalue weighted by atomic mass is 10.4. The Morgan fingerprint density at radius 1 is 1.23 bits per heavy atom. The molecule has 0 bridgehead atoms. The van der Waals surface area contributed by atoms with Gasteiger partial charge in [-0.1, -0.05) is 24.8 Å². The molecule has 0 atom stereocenters. The lowest BCUT2D eigenvalue weighted by Gasteiger charge is -2.06. The molecule has 3 aromatic heterocycles. The van der Waals surface area contributed by atoms with Gasteiger partial charge in [0.1, 0.15) is 0 Å². The molecule has 9 heteroatoms. The Balaban J connectivity index is 1.77. The van der Waals surface area contributed by atoms with Crippen LogP contribution >= 0.6 is 23.1 Å². The van der Waals surface area contributed by atoms with E-state index in [1.54, 1.807) is 23.1 Å². The number of tetrazole rings is 1. The Morgan fingerprint density at radius 2 is 2.14 bits per heavy atom. The number of hydrogen-bond donors (Lipinski definition) is 0. The van der Waals surface area contributed by atoms with E-state index < -0.39 is 0 Å². The van der Waals surface area contributed by atoms with Crippen LogP contribution in [0.1, 0.15) is 26.1 Å². The molecule has 0 radical (unpaired) electrons. The van der Waals surface area contributed by atoms with Crippen LogP contribution in [-0.4, -0.2) is 35.0 Å². The van der Waals surface area contributed by atoms with E-state index in [1.165, 1.54) is 0 Å². The zero-order chi connectivity index (χ0) is 15.4. The maximum absolute atomic E-state index is 4.33. The summed E-state index contributed by atoms with van der Waals surface area (Å²) in [5.41, 5.74) is 0. The number of thioether (sulfide) groups is 1. The standard InChI is InChI=1S/C13H17N7S2/c1-3-7-20-11(14-17-18-20)9-22-13-16-15-12(19(13)4-2)10-6-5-8-21-10/h5-6,8H,3-4,7,9H2,1-2H3. The molecule has 116 valence electrons. The average Bonchev–Trinajstić information content (AvgIpc) is 3.25. The molecule has 3 rings (SSSR count). The molecular formula is C13H17N7S2. The highest BCUT2D eigenvalue weighted by atomic mass is 32.2. The summed E-state index contributed by atoms with van der Waals surface area (Å²) in [6.45, 7) is 5.89. The second-order valence-electron chi connectivity index (χ2n) is 4.63. The molecule has 0 aliphatic rings. The maximum atomic E-state index is 4.33. The minimum Gasteiger partial charge on any atom is -0.302 e. The van der Waals surface area contributed by atoms with Crippen molar-refractivity contribution in [3.05, 3.63) is 23.3 Å². The monoisotopic (exact) mass is 335 g/mol. The van der Waals surface area contributed by atoms with E-state index in [1.807, 2.05) is 10.7 Å². The highest BCUT2D eigenvalue weighted by molar-refractivity contribution is 7.98. The van der Waals surface area contributed by atoms with Crippen molar-refractivity contribution in [2.24, 2.45) is 0 Å². The number of nitrogens with zero attached hydrogens (tertiary/aromatic N) is 7. The topological polar surface area (TPSA) is 74.3 Å². The van der Waals surface area contributed by atoms with E-state index in [-0.39, 0.29) is 0 Å². The number of aromatic nitrogens is 7. The van der Waals surface area contributed by atoms with Crippen molar-refractivity contribution in [1.82, 2.24) is 35.0 Å². The fourth-order valence-electron chi connectivity index (χ4n) is 2.11. The first kappa shape index (κ1) is 15.2. The van der Waals surface area contributed by atoms with Gasteiger partial charge in [-0.15, -0.1) is 26.6 Å². The number of hydrogen-bond acceptors (Lipinski definition) is 7. The molecule has 3 aromatic rings. The fraction of sp³-hybridized carbons (Fsp3) is 0.462. The Labute approximate surface area is 136 Å². The van der Waals surface area contributed by atoms with E-state index in [4.69, 9.17) is 0 Å². The number of thiophene rings is 1. The van der Waals surface area contributed by atoms with Gasteiger partial charge in [-0.25, -0.2) is 4.68 Å². The van der Waals surface area contributed by atoms with Gasteiger partial charge in [0, 0.05) is 13.1 Å². The van der Waals surface area contributed by atoms with Crippen LogP contribution in [0.4, 0.5) is 0 Å². The molecule has 0 aliphatic heterocycles. The summed E-state index contributed by atoms with van der Waals surface area (Å²) >= 11 is 3.29. The second kappa shape index (κ2) is 7.01.